The number of hydrogen-bond acceptors (Lipinski definition) is 2. The summed E-state index contributed by atoms with van der Waals surface area (Å²) in [6.45, 7) is 4.64. The fraction of sp³-hybridized carbons (Fsp3) is 0.263. The Morgan fingerprint density at radius 1 is 1.09 bits per heavy atom. The lowest BCUT2D eigenvalue weighted by atomic mass is 10.0. The van der Waals surface area contributed by atoms with Crippen LogP contribution in [0.3, 0.4) is 0 Å². The summed E-state index contributed by atoms with van der Waals surface area (Å²) in [5, 5.41) is 3.05. The van der Waals surface area contributed by atoms with E-state index in [1.54, 1.807) is 6.33 Å². The van der Waals surface area contributed by atoms with Gasteiger partial charge < -0.3 is 9.88 Å². The summed E-state index contributed by atoms with van der Waals surface area (Å²) >= 11 is 0. The van der Waals surface area contributed by atoms with E-state index in [1.165, 1.54) is 5.56 Å². The molecule has 4 nitrogen and oxygen atoms in total. The highest BCUT2D eigenvalue weighted by Gasteiger charge is 2.17. The number of nitrogens with one attached hydrogen (secondary N) is 1. The van der Waals surface area contributed by atoms with Crippen molar-refractivity contribution in [2.24, 2.45) is 0 Å². The van der Waals surface area contributed by atoms with Crippen molar-refractivity contribution in [2.75, 3.05) is 6.54 Å². The Bertz CT molecular complexity index is 794. The molecule has 1 amide bonds. The van der Waals surface area contributed by atoms with E-state index in [1.807, 2.05) is 54.0 Å². The van der Waals surface area contributed by atoms with Crippen LogP contribution in [0, 0.1) is 0 Å². The van der Waals surface area contributed by atoms with Crippen molar-refractivity contribution in [1.82, 2.24) is 14.9 Å². The van der Waals surface area contributed by atoms with E-state index in [2.05, 4.69) is 29.4 Å². The monoisotopic (exact) mass is 307 g/mol. The zero-order chi connectivity index (χ0) is 16.2. The maximum absolute atomic E-state index is 12.5. The van der Waals surface area contributed by atoms with E-state index in [9.17, 15) is 4.79 Å². The van der Waals surface area contributed by atoms with Gasteiger partial charge in [0.1, 0.15) is 6.04 Å². The lowest BCUT2D eigenvalue weighted by Gasteiger charge is -2.17. The van der Waals surface area contributed by atoms with Crippen LogP contribution in [0.4, 0.5) is 0 Å². The maximum atomic E-state index is 12.5. The van der Waals surface area contributed by atoms with Crippen LogP contribution in [0.1, 0.15) is 31.4 Å². The standard InChI is InChI=1S/C19H21N3O/c1-14(16-8-4-3-5-9-16)12-20-19(23)15(2)22-13-21-17-10-6-7-11-18(17)22/h3-11,13-15H,12H2,1-2H3,(H,20,23)/t14-,15+/m0/s1. The van der Waals surface area contributed by atoms with Gasteiger partial charge in [0.2, 0.25) is 5.91 Å². The SMILES string of the molecule is C[C@H](C(=O)NC[C@H](C)c1ccccc1)n1cnc2ccccc21. The molecule has 1 N–H and O–H groups in total. The Labute approximate surface area is 136 Å². The number of benzene rings is 2. The summed E-state index contributed by atoms with van der Waals surface area (Å²) in [4.78, 5) is 16.8. The molecule has 0 aliphatic carbocycles. The second kappa shape index (κ2) is 6.65. The highest BCUT2D eigenvalue weighted by Crippen LogP contribution is 2.18. The molecule has 0 spiro atoms. The molecule has 0 saturated heterocycles. The first-order valence-electron chi connectivity index (χ1n) is 7.91. The Morgan fingerprint density at radius 3 is 2.57 bits per heavy atom. The third-order valence-corrected chi connectivity index (χ3v) is 4.23. The Kier molecular flexibility index (Phi) is 4.42. The van der Waals surface area contributed by atoms with Crippen molar-refractivity contribution < 1.29 is 4.79 Å². The number of hydrogen-bond donors (Lipinski definition) is 1. The van der Waals surface area contributed by atoms with Crippen LogP contribution in [-0.4, -0.2) is 22.0 Å². The first-order chi connectivity index (χ1) is 11.2. The Morgan fingerprint density at radius 2 is 1.78 bits per heavy atom. The normalized spacial score (nSPS) is 13.7. The molecule has 118 valence electrons. The van der Waals surface area contributed by atoms with Gasteiger partial charge in [0, 0.05) is 6.54 Å². The first kappa shape index (κ1) is 15.3. The van der Waals surface area contributed by atoms with Crippen LogP contribution in [0.15, 0.2) is 60.9 Å². The number of aromatic nitrogens is 2. The average molecular weight is 307 g/mol. The molecule has 0 aliphatic rings. The summed E-state index contributed by atoms with van der Waals surface area (Å²) in [6, 6.07) is 17.8. The topological polar surface area (TPSA) is 46.9 Å². The number of rotatable bonds is 5. The molecule has 0 saturated carbocycles. The molecule has 2 atom stereocenters. The van der Waals surface area contributed by atoms with E-state index in [0.717, 1.165) is 11.0 Å². The molecule has 0 radical (unpaired) electrons. The summed E-state index contributed by atoms with van der Waals surface area (Å²) in [5.41, 5.74) is 3.12. The molecular weight excluding hydrogens is 286 g/mol. The van der Waals surface area contributed by atoms with Gasteiger partial charge in [-0.15, -0.1) is 0 Å². The maximum Gasteiger partial charge on any atom is 0.242 e. The Balaban J connectivity index is 1.66. The number of carbonyl (C=O) groups excluding carboxylic acids is 1. The third kappa shape index (κ3) is 3.26. The predicted octanol–water partition coefficient (Wildman–Crippen LogP) is 3.52. The van der Waals surface area contributed by atoms with Gasteiger partial charge in [0.05, 0.1) is 17.4 Å². The van der Waals surface area contributed by atoms with Crippen LogP contribution < -0.4 is 5.32 Å². The highest BCUT2D eigenvalue weighted by molar-refractivity contribution is 5.83. The summed E-state index contributed by atoms with van der Waals surface area (Å²) in [5.74, 6) is 0.294. The van der Waals surface area contributed by atoms with Gasteiger partial charge in [0.25, 0.3) is 0 Å². The fourth-order valence-electron chi connectivity index (χ4n) is 2.71. The van der Waals surface area contributed by atoms with Gasteiger partial charge in [-0.1, -0.05) is 49.4 Å². The van der Waals surface area contributed by atoms with Gasteiger partial charge in [-0.25, -0.2) is 4.98 Å². The quantitative estimate of drug-likeness (QED) is 0.784. The van der Waals surface area contributed by atoms with Crippen LogP contribution in [0.5, 0.6) is 0 Å². The smallest absolute Gasteiger partial charge is 0.242 e. The Hall–Kier alpha value is -2.62. The van der Waals surface area contributed by atoms with Gasteiger partial charge in [0.15, 0.2) is 0 Å². The van der Waals surface area contributed by atoms with Crippen LogP contribution >= 0.6 is 0 Å². The van der Waals surface area contributed by atoms with Gasteiger partial charge in [-0.05, 0) is 30.5 Å². The molecule has 3 aromatic rings. The van der Waals surface area contributed by atoms with Crippen LogP contribution in [-0.2, 0) is 4.79 Å². The molecule has 0 bridgehead atoms. The molecule has 0 aliphatic heterocycles. The molecule has 1 aromatic heterocycles. The summed E-state index contributed by atoms with van der Waals surface area (Å²) in [6.07, 6.45) is 1.73. The molecule has 0 fully saturated rings. The molecule has 2 aromatic carbocycles. The number of imidazole rings is 1. The van der Waals surface area contributed by atoms with E-state index in [-0.39, 0.29) is 17.9 Å². The number of amides is 1. The number of para-hydroxylation sites is 2. The van der Waals surface area contributed by atoms with E-state index in [4.69, 9.17) is 0 Å². The molecule has 3 rings (SSSR count). The molecule has 4 heteroatoms. The zero-order valence-electron chi connectivity index (χ0n) is 13.4. The number of nitrogens with zero attached hydrogens (tertiary/aromatic N) is 2. The van der Waals surface area contributed by atoms with E-state index >= 15 is 0 Å². The van der Waals surface area contributed by atoms with E-state index < -0.39 is 0 Å². The minimum atomic E-state index is -0.287. The molecular formula is C19H21N3O. The number of carbonyl (C=O) groups is 1. The minimum Gasteiger partial charge on any atom is -0.354 e. The van der Waals surface area contributed by atoms with Crippen LogP contribution in [0.25, 0.3) is 11.0 Å². The van der Waals surface area contributed by atoms with Gasteiger partial charge in [-0.3, -0.25) is 4.79 Å². The van der Waals surface area contributed by atoms with Crippen molar-refractivity contribution in [3.05, 3.63) is 66.5 Å². The third-order valence-electron chi connectivity index (χ3n) is 4.23. The zero-order valence-corrected chi connectivity index (χ0v) is 13.4. The average Bonchev–Trinajstić information content (AvgIpc) is 3.03. The van der Waals surface area contributed by atoms with Crippen molar-refractivity contribution in [2.45, 2.75) is 25.8 Å². The van der Waals surface area contributed by atoms with Gasteiger partial charge >= 0.3 is 0 Å². The fourth-order valence-corrected chi connectivity index (χ4v) is 2.71. The second-order valence-corrected chi connectivity index (χ2v) is 5.87. The van der Waals surface area contributed by atoms with E-state index in [0.29, 0.717) is 6.54 Å². The molecule has 0 unspecified atom stereocenters. The lowest BCUT2D eigenvalue weighted by molar-refractivity contribution is -0.123. The first-order valence-corrected chi connectivity index (χ1v) is 7.91. The lowest BCUT2D eigenvalue weighted by Crippen LogP contribution is -2.33. The summed E-state index contributed by atoms with van der Waals surface area (Å²) in [7, 11) is 0. The largest absolute Gasteiger partial charge is 0.354 e. The minimum absolute atomic E-state index is 0.0101. The van der Waals surface area contributed by atoms with Crippen molar-refractivity contribution in [3.63, 3.8) is 0 Å². The summed E-state index contributed by atoms with van der Waals surface area (Å²) < 4.78 is 1.91. The van der Waals surface area contributed by atoms with Crippen molar-refractivity contribution in [1.29, 1.82) is 0 Å². The second-order valence-electron chi connectivity index (χ2n) is 5.87. The van der Waals surface area contributed by atoms with Crippen LogP contribution in [0.2, 0.25) is 0 Å². The molecule has 23 heavy (non-hydrogen) atoms. The predicted molar refractivity (Wildman–Crippen MR) is 92.3 cm³/mol. The van der Waals surface area contributed by atoms with Crippen molar-refractivity contribution >= 4 is 16.9 Å². The molecule has 1 heterocycles. The number of fused-ring (bicyclic) bond motifs is 1. The van der Waals surface area contributed by atoms with Crippen molar-refractivity contribution in [3.8, 4) is 0 Å². The van der Waals surface area contributed by atoms with Gasteiger partial charge in [-0.2, -0.15) is 0 Å². The highest BCUT2D eigenvalue weighted by atomic mass is 16.2.